The number of amides is 2. The lowest BCUT2D eigenvalue weighted by Gasteiger charge is -2.32. The second-order valence-electron chi connectivity index (χ2n) is 8.31. The standard InChI is InChI=1S/C20H40N6O2/c1-6-10-22-17(27)15-26-13-8-16(9-14-26)25-19(21-7-2)24-12-11-23-18(28)20(3,4)5/h16H,6-15H2,1-5H3,(H,22,27)(H,23,28)(H2,21,24,25). The molecule has 1 fully saturated rings. The lowest BCUT2D eigenvalue weighted by molar-refractivity contribution is -0.128. The number of guanidine groups is 1. The second-order valence-corrected chi connectivity index (χ2v) is 8.31. The van der Waals surface area contributed by atoms with E-state index in [1.54, 1.807) is 0 Å². The molecule has 28 heavy (non-hydrogen) atoms. The molecule has 1 saturated heterocycles. The minimum atomic E-state index is -0.381. The van der Waals surface area contributed by atoms with Crippen LogP contribution in [0.15, 0.2) is 4.99 Å². The predicted octanol–water partition coefficient (Wildman–Crippen LogP) is 0.694. The maximum atomic E-state index is 11.9. The highest BCUT2D eigenvalue weighted by Gasteiger charge is 2.22. The van der Waals surface area contributed by atoms with Gasteiger partial charge in [-0.1, -0.05) is 27.7 Å². The number of aliphatic imine (C=N–C) groups is 1. The van der Waals surface area contributed by atoms with Crippen LogP contribution in [0.3, 0.4) is 0 Å². The number of likely N-dealkylation sites (tertiary alicyclic amines) is 1. The molecule has 0 bridgehead atoms. The average molecular weight is 397 g/mol. The Kier molecular flexibility index (Phi) is 10.9. The van der Waals surface area contributed by atoms with Gasteiger partial charge in [0.15, 0.2) is 5.96 Å². The summed E-state index contributed by atoms with van der Waals surface area (Å²) in [6.07, 6.45) is 2.92. The highest BCUT2D eigenvalue weighted by molar-refractivity contribution is 5.81. The van der Waals surface area contributed by atoms with E-state index < -0.39 is 0 Å². The van der Waals surface area contributed by atoms with Gasteiger partial charge in [0.1, 0.15) is 0 Å². The summed E-state index contributed by atoms with van der Waals surface area (Å²) < 4.78 is 0. The summed E-state index contributed by atoms with van der Waals surface area (Å²) in [7, 11) is 0. The average Bonchev–Trinajstić information content (AvgIpc) is 2.64. The summed E-state index contributed by atoms with van der Waals surface area (Å²) in [5, 5.41) is 12.6. The van der Waals surface area contributed by atoms with Gasteiger partial charge in [-0.15, -0.1) is 0 Å². The summed E-state index contributed by atoms with van der Waals surface area (Å²) in [5.74, 6) is 0.933. The molecule has 0 aliphatic carbocycles. The molecule has 8 nitrogen and oxygen atoms in total. The lowest BCUT2D eigenvalue weighted by Crippen LogP contribution is -2.50. The van der Waals surface area contributed by atoms with Crippen LogP contribution in [0.2, 0.25) is 0 Å². The fourth-order valence-corrected chi connectivity index (χ4v) is 2.87. The van der Waals surface area contributed by atoms with Crippen LogP contribution in [0.1, 0.15) is 53.9 Å². The fourth-order valence-electron chi connectivity index (χ4n) is 2.87. The molecule has 0 atom stereocenters. The largest absolute Gasteiger partial charge is 0.357 e. The number of rotatable bonds is 9. The Bertz CT molecular complexity index is 507. The van der Waals surface area contributed by atoms with Crippen LogP contribution in [0.5, 0.6) is 0 Å². The highest BCUT2D eigenvalue weighted by Crippen LogP contribution is 2.12. The molecule has 1 rings (SSSR count). The predicted molar refractivity (Wildman–Crippen MR) is 114 cm³/mol. The molecule has 1 aliphatic rings. The van der Waals surface area contributed by atoms with E-state index in [9.17, 15) is 9.59 Å². The van der Waals surface area contributed by atoms with Crippen LogP contribution in [0, 0.1) is 5.41 Å². The van der Waals surface area contributed by atoms with Gasteiger partial charge in [-0.05, 0) is 26.2 Å². The van der Waals surface area contributed by atoms with Gasteiger partial charge in [-0.3, -0.25) is 19.5 Å². The van der Waals surface area contributed by atoms with Crippen LogP contribution in [-0.2, 0) is 9.59 Å². The van der Waals surface area contributed by atoms with Gasteiger partial charge in [0, 0.05) is 44.2 Å². The summed E-state index contributed by atoms with van der Waals surface area (Å²) >= 11 is 0. The van der Waals surface area contributed by atoms with Crippen molar-refractivity contribution in [1.29, 1.82) is 0 Å². The van der Waals surface area contributed by atoms with E-state index in [2.05, 4.69) is 38.1 Å². The van der Waals surface area contributed by atoms with Gasteiger partial charge >= 0.3 is 0 Å². The van der Waals surface area contributed by atoms with E-state index in [4.69, 9.17) is 0 Å². The monoisotopic (exact) mass is 396 g/mol. The van der Waals surface area contributed by atoms with Crippen molar-refractivity contribution in [3.05, 3.63) is 0 Å². The molecular weight excluding hydrogens is 356 g/mol. The van der Waals surface area contributed by atoms with Crippen LogP contribution in [-0.4, -0.2) is 74.5 Å². The van der Waals surface area contributed by atoms with Crippen LogP contribution in [0.25, 0.3) is 0 Å². The molecule has 8 heteroatoms. The molecule has 0 aromatic heterocycles. The Morgan fingerprint density at radius 3 is 2.29 bits per heavy atom. The van der Waals surface area contributed by atoms with E-state index in [-0.39, 0.29) is 17.2 Å². The number of nitrogens with one attached hydrogen (secondary N) is 4. The first-order valence-electron chi connectivity index (χ1n) is 10.6. The summed E-state index contributed by atoms with van der Waals surface area (Å²) in [4.78, 5) is 30.5. The number of nitrogens with zero attached hydrogens (tertiary/aromatic N) is 2. The molecule has 0 saturated carbocycles. The highest BCUT2D eigenvalue weighted by atomic mass is 16.2. The maximum absolute atomic E-state index is 11.9. The van der Waals surface area contributed by atoms with E-state index in [0.717, 1.165) is 51.4 Å². The van der Waals surface area contributed by atoms with Crippen molar-refractivity contribution in [2.75, 3.05) is 45.8 Å². The zero-order chi connectivity index (χ0) is 21.0. The van der Waals surface area contributed by atoms with Crippen LogP contribution in [0.4, 0.5) is 0 Å². The molecule has 162 valence electrons. The van der Waals surface area contributed by atoms with Gasteiger partial charge in [-0.2, -0.15) is 0 Å². The SMILES string of the molecule is CCCNC(=O)CN1CCC(NC(=NCCNC(=O)C(C)(C)C)NCC)CC1. The van der Waals surface area contributed by atoms with Gasteiger partial charge in [-0.25, -0.2) is 0 Å². The first-order chi connectivity index (χ1) is 13.3. The van der Waals surface area contributed by atoms with Crippen molar-refractivity contribution in [1.82, 2.24) is 26.2 Å². The van der Waals surface area contributed by atoms with Crippen LogP contribution < -0.4 is 21.3 Å². The molecular formula is C20H40N6O2. The minimum absolute atomic E-state index is 0.0380. The van der Waals surface area contributed by atoms with E-state index >= 15 is 0 Å². The molecule has 0 aromatic carbocycles. The maximum Gasteiger partial charge on any atom is 0.234 e. The first kappa shape index (κ1) is 24.2. The van der Waals surface area contributed by atoms with Gasteiger partial charge in [0.05, 0.1) is 13.1 Å². The quantitative estimate of drug-likeness (QED) is 0.261. The zero-order valence-corrected chi connectivity index (χ0v) is 18.4. The topological polar surface area (TPSA) is 97.9 Å². The Morgan fingerprint density at radius 1 is 1.04 bits per heavy atom. The lowest BCUT2D eigenvalue weighted by atomic mass is 9.96. The third kappa shape index (κ3) is 9.92. The molecule has 0 unspecified atom stereocenters. The van der Waals surface area contributed by atoms with E-state index in [0.29, 0.717) is 25.7 Å². The van der Waals surface area contributed by atoms with E-state index in [1.807, 2.05) is 27.7 Å². The number of carbonyl (C=O) groups is 2. The Morgan fingerprint density at radius 2 is 1.71 bits per heavy atom. The molecule has 4 N–H and O–H groups in total. The number of piperidine rings is 1. The van der Waals surface area contributed by atoms with Gasteiger partial charge in [0.25, 0.3) is 0 Å². The zero-order valence-electron chi connectivity index (χ0n) is 18.4. The second kappa shape index (κ2) is 12.6. The van der Waals surface area contributed by atoms with Gasteiger partial charge < -0.3 is 21.3 Å². The third-order valence-corrected chi connectivity index (χ3v) is 4.56. The number of carbonyl (C=O) groups excluding carboxylic acids is 2. The number of hydrogen-bond donors (Lipinski definition) is 4. The van der Waals surface area contributed by atoms with Crippen molar-refractivity contribution < 1.29 is 9.59 Å². The van der Waals surface area contributed by atoms with Crippen LogP contribution >= 0.6 is 0 Å². The smallest absolute Gasteiger partial charge is 0.234 e. The van der Waals surface area contributed by atoms with Crippen molar-refractivity contribution in [3.63, 3.8) is 0 Å². The molecule has 0 spiro atoms. The first-order valence-corrected chi connectivity index (χ1v) is 10.6. The Balaban J connectivity index is 2.36. The summed E-state index contributed by atoms with van der Waals surface area (Å²) in [6.45, 7) is 14.7. The van der Waals surface area contributed by atoms with E-state index in [1.165, 1.54) is 0 Å². The van der Waals surface area contributed by atoms with Crippen molar-refractivity contribution in [2.24, 2.45) is 10.4 Å². The van der Waals surface area contributed by atoms with Crippen molar-refractivity contribution >= 4 is 17.8 Å². The third-order valence-electron chi connectivity index (χ3n) is 4.56. The van der Waals surface area contributed by atoms with Gasteiger partial charge in [0.2, 0.25) is 11.8 Å². The Hall–Kier alpha value is -1.83. The fraction of sp³-hybridized carbons (Fsp3) is 0.850. The molecule has 0 radical (unpaired) electrons. The summed E-state index contributed by atoms with van der Waals surface area (Å²) in [6, 6.07) is 0.344. The molecule has 1 heterocycles. The van der Waals surface area contributed by atoms with Crippen molar-refractivity contribution in [2.45, 2.75) is 59.9 Å². The molecule has 2 amide bonds. The normalized spacial score (nSPS) is 16.5. The Labute approximate surface area is 170 Å². The van der Waals surface area contributed by atoms with Crippen molar-refractivity contribution in [3.8, 4) is 0 Å². The number of hydrogen-bond acceptors (Lipinski definition) is 4. The molecule has 1 aliphatic heterocycles. The molecule has 0 aromatic rings. The minimum Gasteiger partial charge on any atom is -0.357 e. The summed E-state index contributed by atoms with van der Waals surface area (Å²) in [5.41, 5.74) is -0.381.